The Morgan fingerprint density at radius 3 is 2.76 bits per heavy atom. The maximum absolute atomic E-state index is 13.3. The van der Waals surface area contributed by atoms with Gasteiger partial charge >= 0.3 is 0 Å². The van der Waals surface area contributed by atoms with E-state index in [1.807, 2.05) is 6.07 Å². The van der Waals surface area contributed by atoms with Gasteiger partial charge in [-0.2, -0.15) is 0 Å². The molecule has 0 atom stereocenters. The van der Waals surface area contributed by atoms with Crippen molar-refractivity contribution in [3.05, 3.63) is 59.8 Å². The van der Waals surface area contributed by atoms with Gasteiger partial charge in [-0.15, -0.1) is 11.8 Å². The van der Waals surface area contributed by atoms with Crippen LogP contribution in [0.3, 0.4) is 0 Å². The molecule has 0 unspecified atom stereocenters. The molecule has 0 saturated carbocycles. The third kappa shape index (κ3) is 3.20. The highest BCUT2D eigenvalue weighted by Gasteiger charge is 2.10. The molecule has 0 aliphatic heterocycles. The summed E-state index contributed by atoms with van der Waals surface area (Å²) in [6, 6.07) is 9.68. The van der Waals surface area contributed by atoms with E-state index in [9.17, 15) is 9.18 Å². The lowest BCUT2D eigenvalue weighted by Crippen LogP contribution is -2.05. The van der Waals surface area contributed by atoms with Gasteiger partial charge in [-0.05, 0) is 24.3 Å². The summed E-state index contributed by atoms with van der Waals surface area (Å²) in [5.74, 6) is 1.03. The number of hydrogen-bond acceptors (Lipinski definition) is 3. The van der Waals surface area contributed by atoms with Crippen LogP contribution in [-0.2, 0) is 5.75 Å². The summed E-state index contributed by atoms with van der Waals surface area (Å²) in [6.45, 7) is 0. The van der Waals surface area contributed by atoms with Crippen molar-refractivity contribution in [2.24, 2.45) is 0 Å². The van der Waals surface area contributed by atoms with Crippen LogP contribution in [0.15, 0.2) is 47.1 Å². The lowest BCUT2D eigenvalue weighted by Gasteiger charge is -2.01. The molecule has 0 radical (unpaired) electrons. The Morgan fingerprint density at radius 1 is 1.24 bits per heavy atom. The Labute approximate surface area is 103 Å². The molecule has 1 heterocycles. The fourth-order valence-electron chi connectivity index (χ4n) is 1.40. The third-order valence-electron chi connectivity index (χ3n) is 2.23. The van der Waals surface area contributed by atoms with Crippen LogP contribution in [0, 0.1) is 5.82 Å². The van der Waals surface area contributed by atoms with Gasteiger partial charge in [0.25, 0.3) is 0 Å². The minimum atomic E-state index is -0.462. The average Bonchev–Trinajstić information content (AvgIpc) is 2.82. The quantitative estimate of drug-likeness (QED) is 0.760. The van der Waals surface area contributed by atoms with E-state index in [4.69, 9.17) is 4.42 Å². The molecule has 0 N–H and O–H groups in total. The van der Waals surface area contributed by atoms with Crippen molar-refractivity contribution in [3.63, 3.8) is 0 Å². The summed E-state index contributed by atoms with van der Waals surface area (Å²) in [6.07, 6.45) is 1.59. The van der Waals surface area contributed by atoms with Crippen LogP contribution in [0.1, 0.15) is 16.1 Å². The van der Waals surface area contributed by atoms with Gasteiger partial charge in [0.05, 0.1) is 23.3 Å². The van der Waals surface area contributed by atoms with Gasteiger partial charge in [0.15, 0.2) is 5.78 Å². The van der Waals surface area contributed by atoms with E-state index in [0.717, 1.165) is 5.76 Å². The number of ketones is 1. The van der Waals surface area contributed by atoms with Crippen LogP contribution in [0.25, 0.3) is 0 Å². The first-order valence-electron chi connectivity index (χ1n) is 5.15. The Kier molecular flexibility index (Phi) is 3.98. The van der Waals surface area contributed by atoms with Crippen molar-refractivity contribution >= 4 is 17.5 Å². The van der Waals surface area contributed by atoms with Crippen molar-refractivity contribution in [2.45, 2.75) is 5.75 Å². The summed E-state index contributed by atoms with van der Waals surface area (Å²) in [7, 11) is 0. The Morgan fingerprint density at radius 2 is 2.06 bits per heavy atom. The number of rotatable bonds is 5. The third-order valence-corrected chi connectivity index (χ3v) is 3.19. The molecular formula is C13H11FO2S. The zero-order chi connectivity index (χ0) is 12.1. The first-order chi connectivity index (χ1) is 8.27. The van der Waals surface area contributed by atoms with Gasteiger partial charge in [-0.3, -0.25) is 4.79 Å². The van der Waals surface area contributed by atoms with Crippen molar-refractivity contribution < 1.29 is 13.6 Å². The lowest BCUT2D eigenvalue weighted by atomic mass is 10.1. The van der Waals surface area contributed by atoms with E-state index >= 15 is 0 Å². The van der Waals surface area contributed by atoms with E-state index in [0.29, 0.717) is 5.75 Å². The molecule has 2 rings (SSSR count). The molecule has 1 aromatic carbocycles. The number of Topliss-reactive ketones (excluding diaryl/α,β-unsaturated/α-hetero) is 1. The zero-order valence-electron chi connectivity index (χ0n) is 9.06. The number of hydrogen-bond donors (Lipinski definition) is 0. The predicted molar refractivity (Wildman–Crippen MR) is 65.6 cm³/mol. The Bertz CT molecular complexity index is 494. The van der Waals surface area contributed by atoms with Gasteiger partial charge in [0.1, 0.15) is 11.6 Å². The van der Waals surface area contributed by atoms with Gasteiger partial charge in [0.2, 0.25) is 0 Å². The van der Waals surface area contributed by atoms with E-state index in [1.54, 1.807) is 24.5 Å². The summed E-state index contributed by atoms with van der Waals surface area (Å²) < 4.78 is 18.4. The van der Waals surface area contributed by atoms with Crippen molar-refractivity contribution in [3.8, 4) is 0 Å². The number of furan rings is 1. The van der Waals surface area contributed by atoms with E-state index in [-0.39, 0.29) is 17.1 Å². The SMILES string of the molecule is O=C(CSCc1ccco1)c1ccccc1F. The molecule has 0 amide bonds. The summed E-state index contributed by atoms with van der Waals surface area (Å²) in [5.41, 5.74) is 0.152. The molecule has 0 aliphatic rings. The molecule has 88 valence electrons. The van der Waals surface area contributed by atoms with Crippen molar-refractivity contribution in [1.29, 1.82) is 0 Å². The number of halogens is 1. The van der Waals surface area contributed by atoms with Crippen LogP contribution in [0.4, 0.5) is 4.39 Å². The minimum Gasteiger partial charge on any atom is -0.468 e. The normalized spacial score (nSPS) is 10.4. The molecule has 0 bridgehead atoms. The first kappa shape index (κ1) is 11.9. The van der Waals surface area contributed by atoms with Gasteiger partial charge in [-0.1, -0.05) is 12.1 Å². The molecule has 4 heteroatoms. The van der Waals surface area contributed by atoms with Crippen LogP contribution < -0.4 is 0 Å². The fraction of sp³-hybridized carbons (Fsp3) is 0.154. The maximum Gasteiger partial charge on any atom is 0.175 e. The monoisotopic (exact) mass is 250 g/mol. The van der Waals surface area contributed by atoms with Crippen LogP contribution >= 0.6 is 11.8 Å². The smallest absolute Gasteiger partial charge is 0.175 e. The number of thioether (sulfide) groups is 1. The summed E-state index contributed by atoms with van der Waals surface area (Å²) >= 11 is 1.41. The highest BCUT2D eigenvalue weighted by atomic mass is 32.2. The topological polar surface area (TPSA) is 30.2 Å². The van der Waals surface area contributed by atoms with Gasteiger partial charge < -0.3 is 4.42 Å². The summed E-state index contributed by atoms with van der Waals surface area (Å²) in [4.78, 5) is 11.7. The highest BCUT2D eigenvalue weighted by Crippen LogP contribution is 2.15. The van der Waals surface area contributed by atoms with E-state index < -0.39 is 5.82 Å². The predicted octanol–water partition coefficient (Wildman–Crippen LogP) is 3.53. The molecule has 0 spiro atoms. The van der Waals surface area contributed by atoms with Crippen LogP contribution in [0.5, 0.6) is 0 Å². The Balaban J connectivity index is 1.88. The lowest BCUT2D eigenvalue weighted by molar-refractivity contribution is 0.101. The minimum absolute atomic E-state index is 0.152. The van der Waals surface area contributed by atoms with Crippen LogP contribution in [-0.4, -0.2) is 11.5 Å². The second-order valence-corrected chi connectivity index (χ2v) is 4.46. The number of benzene rings is 1. The number of carbonyl (C=O) groups is 1. The highest BCUT2D eigenvalue weighted by molar-refractivity contribution is 7.99. The van der Waals surface area contributed by atoms with E-state index in [1.165, 1.54) is 23.9 Å². The Hall–Kier alpha value is -1.55. The molecular weight excluding hydrogens is 239 g/mol. The first-order valence-corrected chi connectivity index (χ1v) is 6.30. The fourth-order valence-corrected chi connectivity index (χ4v) is 2.21. The molecule has 17 heavy (non-hydrogen) atoms. The molecule has 2 nitrogen and oxygen atoms in total. The maximum atomic E-state index is 13.3. The van der Waals surface area contributed by atoms with Gasteiger partial charge in [0, 0.05) is 0 Å². The molecule has 0 fully saturated rings. The largest absolute Gasteiger partial charge is 0.468 e. The average molecular weight is 250 g/mol. The molecule has 2 aromatic rings. The standard InChI is InChI=1S/C13H11FO2S/c14-12-6-2-1-5-11(12)13(15)9-17-8-10-4-3-7-16-10/h1-7H,8-9H2. The van der Waals surface area contributed by atoms with E-state index in [2.05, 4.69) is 0 Å². The zero-order valence-corrected chi connectivity index (χ0v) is 9.87. The molecule has 0 aliphatic carbocycles. The van der Waals surface area contributed by atoms with Gasteiger partial charge in [-0.25, -0.2) is 4.39 Å². The van der Waals surface area contributed by atoms with Crippen LogP contribution in [0.2, 0.25) is 0 Å². The second kappa shape index (κ2) is 5.68. The molecule has 0 saturated heterocycles. The molecule has 1 aromatic heterocycles. The summed E-state index contributed by atoms with van der Waals surface area (Å²) in [5, 5.41) is 0. The van der Waals surface area contributed by atoms with Crippen molar-refractivity contribution in [2.75, 3.05) is 5.75 Å². The second-order valence-electron chi connectivity index (χ2n) is 3.48. The van der Waals surface area contributed by atoms with Crippen molar-refractivity contribution in [1.82, 2.24) is 0 Å². The number of carbonyl (C=O) groups excluding carboxylic acids is 1.